The lowest BCUT2D eigenvalue weighted by Crippen LogP contribution is -2.51. The van der Waals surface area contributed by atoms with E-state index in [4.69, 9.17) is 16.7 Å². The number of amides is 2. The van der Waals surface area contributed by atoms with Gasteiger partial charge in [-0.1, -0.05) is 50.9 Å². The second kappa shape index (κ2) is 10.0. The van der Waals surface area contributed by atoms with Crippen LogP contribution in [0, 0.1) is 11.8 Å². The van der Waals surface area contributed by atoms with Crippen molar-refractivity contribution >= 4 is 29.4 Å². The fraction of sp³-hybridized carbons (Fsp3) is 0.500. The highest BCUT2D eigenvalue weighted by Crippen LogP contribution is 2.15. The SMILES string of the molecule is CCCC(CNC(=O)C(NC(=O)c1ccccc1Cl)C(C)C)C(=O)O. The minimum Gasteiger partial charge on any atom is -0.481 e. The number of aliphatic carboxylic acids is 1. The van der Waals surface area contributed by atoms with Gasteiger partial charge in [-0.25, -0.2) is 0 Å². The van der Waals surface area contributed by atoms with Crippen LogP contribution in [0.15, 0.2) is 24.3 Å². The molecule has 0 aromatic heterocycles. The number of benzene rings is 1. The summed E-state index contributed by atoms with van der Waals surface area (Å²) in [6.45, 7) is 5.53. The molecule has 1 aromatic carbocycles. The van der Waals surface area contributed by atoms with Crippen molar-refractivity contribution in [2.24, 2.45) is 11.8 Å². The molecule has 0 bridgehead atoms. The standard InChI is InChI=1S/C18H25ClN2O4/c1-4-7-12(18(24)25)10-20-17(23)15(11(2)3)21-16(22)13-8-5-6-9-14(13)19/h5-6,8-9,11-12,15H,4,7,10H2,1-3H3,(H,20,23)(H,21,22)(H,24,25). The zero-order chi connectivity index (χ0) is 19.0. The third-order valence-electron chi connectivity index (χ3n) is 3.86. The molecule has 2 amide bonds. The van der Waals surface area contributed by atoms with E-state index in [1.54, 1.807) is 38.1 Å². The second-order valence-corrected chi connectivity index (χ2v) is 6.65. The molecule has 25 heavy (non-hydrogen) atoms. The Hall–Kier alpha value is -2.08. The maximum absolute atomic E-state index is 12.4. The van der Waals surface area contributed by atoms with Crippen molar-refractivity contribution in [3.8, 4) is 0 Å². The molecule has 1 aromatic rings. The highest BCUT2D eigenvalue weighted by atomic mass is 35.5. The third kappa shape index (κ3) is 6.38. The van der Waals surface area contributed by atoms with Crippen molar-refractivity contribution in [2.75, 3.05) is 6.54 Å². The first kappa shape index (κ1) is 21.0. The average Bonchev–Trinajstić information content (AvgIpc) is 2.55. The predicted octanol–water partition coefficient (Wildman–Crippen LogP) is 2.71. The molecule has 2 atom stereocenters. The van der Waals surface area contributed by atoms with Gasteiger partial charge in [0, 0.05) is 6.54 Å². The van der Waals surface area contributed by atoms with E-state index in [2.05, 4.69) is 10.6 Å². The van der Waals surface area contributed by atoms with Gasteiger partial charge in [-0.15, -0.1) is 0 Å². The molecule has 0 heterocycles. The second-order valence-electron chi connectivity index (χ2n) is 6.24. The van der Waals surface area contributed by atoms with Crippen molar-refractivity contribution < 1.29 is 19.5 Å². The molecule has 138 valence electrons. The number of carbonyl (C=O) groups excluding carboxylic acids is 2. The maximum atomic E-state index is 12.4. The molecule has 0 fully saturated rings. The zero-order valence-electron chi connectivity index (χ0n) is 14.7. The van der Waals surface area contributed by atoms with Crippen molar-refractivity contribution in [1.82, 2.24) is 10.6 Å². The Morgan fingerprint density at radius 1 is 1.20 bits per heavy atom. The van der Waals surface area contributed by atoms with Gasteiger partial charge in [-0.3, -0.25) is 14.4 Å². The minimum absolute atomic E-state index is 0.0349. The van der Waals surface area contributed by atoms with Gasteiger partial charge in [-0.2, -0.15) is 0 Å². The number of rotatable bonds is 9. The predicted molar refractivity (Wildman–Crippen MR) is 96.6 cm³/mol. The lowest BCUT2D eigenvalue weighted by molar-refractivity contribution is -0.142. The van der Waals surface area contributed by atoms with E-state index >= 15 is 0 Å². The van der Waals surface area contributed by atoms with E-state index in [1.165, 1.54) is 0 Å². The van der Waals surface area contributed by atoms with Gasteiger partial charge >= 0.3 is 5.97 Å². The van der Waals surface area contributed by atoms with Crippen molar-refractivity contribution in [1.29, 1.82) is 0 Å². The van der Waals surface area contributed by atoms with Crippen LogP contribution >= 0.6 is 11.6 Å². The molecule has 0 aliphatic rings. The van der Waals surface area contributed by atoms with Gasteiger partial charge < -0.3 is 15.7 Å². The Balaban J connectivity index is 2.76. The van der Waals surface area contributed by atoms with Gasteiger partial charge in [0.15, 0.2) is 0 Å². The molecule has 0 aliphatic carbocycles. The molecular weight excluding hydrogens is 344 g/mol. The molecule has 0 aliphatic heterocycles. The first-order chi connectivity index (χ1) is 11.8. The van der Waals surface area contributed by atoms with Crippen molar-refractivity contribution in [3.05, 3.63) is 34.9 Å². The van der Waals surface area contributed by atoms with Gasteiger partial charge in [-0.05, 0) is 24.5 Å². The molecule has 7 heteroatoms. The summed E-state index contributed by atoms with van der Waals surface area (Å²) in [6, 6.07) is 5.80. The Morgan fingerprint density at radius 3 is 2.36 bits per heavy atom. The monoisotopic (exact) mass is 368 g/mol. The fourth-order valence-electron chi connectivity index (χ4n) is 2.39. The summed E-state index contributed by atoms with van der Waals surface area (Å²) >= 11 is 6.01. The van der Waals surface area contributed by atoms with Crippen LogP contribution in [0.1, 0.15) is 44.0 Å². The van der Waals surface area contributed by atoms with E-state index in [0.29, 0.717) is 17.9 Å². The normalized spacial score (nSPS) is 13.2. The Morgan fingerprint density at radius 2 is 1.84 bits per heavy atom. The smallest absolute Gasteiger partial charge is 0.308 e. The van der Waals surface area contributed by atoms with Crippen molar-refractivity contribution in [2.45, 2.75) is 39.7 Å². The van der Waals surface area contributed by atoms with Crippen molar-refractivity contribution in [3.63, 3.8) is 0 Å². The van der Waals surface area contributed by atoms with E-state index < -0.39 is 29.7 Å². The Bertz CT molecular complexity index is 619. The van der Waals surface area contributed by atoms with E-state index in [0.717, 1.165) is 0 Å². The summed E-state index contributed by atoms with van der Waals surface area (Å²) in [4.78, 5) is 36.0. The van der Waals surface area contributed by atoms with Crippen LogP contribution in [0.5, 0.6) is 0 Å². The summed E-state index contributed by atoms with van der Waals surface area (Å²) < 4.78 is 0. The fourth-order valence-corrected chi connectivity index (χ4v) is 2.62. The first-order valence-electron chi connectivity index (χ1n) is 8.33. The van der Waals surface area contributed by atoms with Crippen LogP contribution in [0.3, 0.4) is 0 Å². The number of halogens is 1. The topological polar surface area (TPSA) is 95.5 Å². The largest absolute Gasteiger partial charge is 0.481 e. The molecule has 3 N–H and O–H groups in total. The summed E-state index contributed by atoms with van der Waals surface area (Å²) in [6.07, 6.45) is 1.19. The summed E-state index contributed by atoms with van der Waals surface area (Å²) in [5.74, 6) is -2.59. The van der Waals surface area contributed by atoms with Gasteiger partial charge in [0.25, 0.3) is 5.91 Å². The molecule has 2 unspecified atom stereocenters. The van der Waals surface area contributed by atoms with Crippen LogP contribution in [0.25, 0.3) is 0 Å². The van der Waals surface area contributed by atoms with E-state index in [9.17, 15) is 14.4 Å². The lowest BCUT2D eigenvalue weighted by Gasteiger charge is -2.23. The van der Waals surface area contributed by atoms with Crippen LogP contribution in [-0.4, -0.2) is 35.5 Å². The zero-order valence-corrected chi connectivity index (χ0v) is 15.5. The highest BCUT2D eigenvalue weighted by Gasteiger charge is 2.26. The number of nitrogens with one attached hydrogen (secondary N) is 2. The van der Waals surface area contributed by atoms with Crippen LogP contribution in [0.2, 0.25) is 5.02 Å². The Labute approximate surface area is 152 Å². The third-order valence-corrected chi connectivity index (χ3v) is 4.19. The number of hydrogen-bond donors (Lipinski definition) is 3. The molecule has 0 spiro atoms. The highest BCUT2D eigenvalue weighted by molar-refractivity contribution is 6.33. The molecular formula is C18H25ClN2O4. The molecule has 0 saturated heterocycles. The molecule has 0 radical (unpaired) electrons. The maximum Gasteiger partial charge on any atom is 0.308 e. The first-order valence-corrected chi connectivity index (χ1v) is 8.71. The number of carboxylic acid groups (broad SMARTS) is 1. The summed E-state index contributed by atoms with van der Waals surface area (Å²) in [5.41, 5.74) is 0.289. The van der Waals surface area contributed by atoms with Crippen LogP contribution < -0.4 is 10.6 Å². The summed E-state index contributed by atoms with van der Waals surface area (Å²) in [7, 11) is 0. The molecule has 1 rings (SSSR count). The lowest BCUT2D eigenvalue weighted by atomic mass is 10.0. The average molecular weight is 369 g/mol. The molecule has 0 saturated carbocycles. The van der Waals surface area contributed by atoms with E-state index in [-0.39, 0.29) is 18.0 Å². The quantitative estimate of drug-likeness (QED) is 0.624. The molecule has 6 nitrogen and oxygen atoms in total. The summed E-state index contributed by atoms with van der Waals surface area (Å²) in [5, 5.41) is 14.8. The number of carboxylic acids is 1. The Kier molecular flexibility index (Phi) is 8.41. The van der Waals surface area contributed by atoms with Gasteiger partial charge in [0.2, 0.25) is 5.91 Å². The number of carbonyl (C=O) groups is 3. The number of hydrogen-bond acceptors (Lipinski definition) is 3. The van der Waals surface area contributed by atoms with E-state index in [1.807, 2.05) is 6.92 Å². The van der Waals surface area contributed by atoms with Crippen LogP contribution in [0.4, 0.5) is 0 Å². The van der Waals surface area contributed by atoms with Gasteiger partial charge in [0.1, 0.15) is 6.04 Å². The minimum atomic E-state index is -0.941. The van der Waals surface area contributed by atoms with Crippen LogP contribution in [-0.2, 0) is 9.59 Å². The van der Waals surface area contributed by atoms with Gasteiger partial charge in [0.05, 0.1) is 16.5 Å².